The van der Waals surface area contributed by atoms with E-state index in [4.69, 9.17) is 9.26 Å². The molecule has 1 amide bonds. The van der Waals surface area contributed by atoms with Crippen LogP contribution in [0.4, 0.5) is 14.9 Å². The number of halogens is 1. The number of ether oxygens (including phenoxy) is 1. The lowest BCUT2D eigenvalue weighted by Crippen LogP contribution is -2.26. The molecule has 0 radical (unpaired) electrons. The Labute approximate surface area is 175 Å². The molecule has 0 N–H and O–H groups in total. The maximum Gasteiger partial charge on any atom is 0.414 e. The number of hydrogen-bond acceptors (Lipinski definition) is 8. The molecule has 0 saturated carbocycles. The van der Waals surface area contributed by atoms with Crippen molar-refractivity contribution in [3.05, 3.63) is 54.7 Å². The van der Waals surface area contributed by atoms with Crippen LogP contribution in [0.2, 0.25) is 0 Å². The Kier molecular flexibility index (Phi) is 4.65. The number of carbonyl (C=O) groups is 1. The monoisotopic (exact) mass is 424 g/mol. The summed E-state index contributed by atoms with van der Waals surface area (Å²) in [5, 5.41) is 15.7. The van der Waals surface area contributed by atoms with Gasteiger partial charge in [-0.05, 0) is 18.2 Å². The second-order valence-electron chi connectivity index (χ2n) is 6.92. The molecule has 1 atom stereocenters. The Hall–Kier alpha value is -4.09. The first kappa shape index (κ1) is 18.9. The Bertz CT molecular complexity index is 1220. The Morgan fingerprint density at radius 3 is 2.97 bits per heavy atom. The van der Waals surface area contributed by atoms with E-state index in [-0.39, 0.29) is 12.2 Å². The first-order valence-corrected chi connectivity index (χ1v) is 9.60. The van der Waals surface area contributed by atoms with Crippen LogP contribution in [0.1, 0.15) is 12.8 Å². The van der Waals surface area contributed by atoms with Crippen LogP contribution in [0.5, 0.6) is 0 Å². The van der Waals surface area contributed by atoms with E-state index < -0.39 is 18.0 Å². The normalized spacial score (nSPS) is 16.1. The lowest BCUT2D eigenvalue weighted by molar-refractivity contribution is 0.129. The zero-order valence-corrected chi connectivity index (χ0v) is 16.4. The van der Waals surface area contributed by atoms with E-state index in [2.05, 4.69) is 25.6 Å². The molecule has 4 aromatic rings. The van der Waals surface area contributed by atoms with Crippen LogP contribution in [-0.4, -0.2) is 53.7 Å². The minimum atomic E-state index is -0.540. The molecule has 158 valence electrons. The van der Waals surface area contributed by atoms with Crippen molar-refractivity contribution in [2.24, 2.45) is 0 Å². The molecule has 1 fully saturated rings. The van der Waals surface area contributed by atoms with Gasteiger partial charge in [0.15, 0.2) is 5.82 Å². The molecule has 4 heterocycles. The van der Waals surface area contributed by atoms with Gasteiger partial charge in [-0.1, -0.05) is 17.3 Å². The summed E-state index contributed by atoms with van der Waals surface area (Å²) >= 11 is 0. The summed E-state index contributed by atoms with van der Waals surface area (Å²) in [4.78, 5) is 17.9. The Morgan fingerprint density at radius 1 is 1.32 bits per heavy atom. The van der Waals surface area contributed by atoms with Gasteiger partial charge in [0, 0.05) is 18.8 Å². The average molecular weight is 424 g/mol. The topological polar surface area (TPSA) is 117 Å². The molecule has 12 heteroatoms. The van der Waals surface area contributed by atoms with Gasteiger partial charge in [0.05, 0.1) is 36.7 Å². The van der Waals surface area contributed by atoms with Crippen molar-refractivity contribution in [3.63, 3.8) is 0 Å². The van der Waals surface area contributed by atoms with Crippen molar-refractivity contribution in [1.29, 1.82) is 0 Å². The van der Waals surface area contributed by atoms with Gasteiger partial charge in [-0.15, -0.1) is 5.10 Å². The highest BCUT2D eigenvalue weighted by Gasteiger charge is 2.33. The summed E-state index contributed by atoms with van der Waals surface area (Å²) in [6.45, 7) is 2.56. The molecule has 1 aliphatic heterocycles. The highest BCUT2D eigenvalue weighted by atomic mass is 19.1. The third-order valence-electron chi connectivity index (χ3n) is 4.84. The minimum Gasteiger partial charge on any atom is -0.442 e. The van der Waals surface area contributed by atoms with Crippen molar-refractivity contribution >= 4 is 11.8 Å². The smallest absolute Gasteiger partial charge is 0.414 e. The number of rotatable bonds is 6. The van der Waals surface area contributed by atoms with Crippen LogP contribution in [0, 0.1) is 5.82 Å². The number of nitrogens with zero attached hydrogens (tertiary/aromatic N) is 8. The molecule has 11 nitrogen and oxygen atoms in total. The Balaban J connectivity index is 1.34. The van der Waals surface area contributed by atoms with Gasteiger partial charge < -0.3 is 9.26 Å². The highest BCUT2D eigenvalue weighted by Crippen LogP contribution is 2.26. The van der Waals surface area contributed by atoms with Gasteiger partial charge in [-0.3, -0.25) is 4.90 Å². The van der Waals surface area contributed by atoms with E-state index in [0.29, 0.717) is 35.9 Å². The van der Waals surface area contributed by atoms with Crippen LogP contribution in [0.3, 0.4) is 0 Å². The van der Waals surface area contributed by atoms with Crippen molar-refractivity contribution < 1.29 is 18.4 Å². The summed E-state index contributed by atoms with van der Waals surface area (Å²) in [6.07, 6.45) is 6.04. The van der Waals surface area contributed by atoms with Crippen LogP contribution < -0.4 is 4.90 Å². The fourth-order valence-corrected chi connectivity index (χ4v) is 3.30. The number of carbonyl (C=O) groups excluding carboxylic acids is 1. The van der Waals surface area contributed by atoms with Gasteiger partial charge in [-0.2, -0.15) is 10.1 Å². The number of aryl methyl sites for hydroxylation is 1. The van der Waals surface area contributed by atoms with E-state index in [1.165, 1.54) is 21.8 Å². The first-order valence-electron chi connectivity index (χ1n) is 9.60. The van der Waals surface area contributed by atoms with E-state index >= 15 is 0 Å². The third kappa shape index (κ3) is 3.63. The van der Waals surface area contributed by atoms with E-state index in [0.717, 1.165) is 0 Å². The van der Waals surface area contributed by atoms with Crippen LogP contribution in [0.15, 0.2) is 47.5 Å². The maximum atomic E-state index is 14.9. The predicted molar refractivity (Wildman–Crippen MR) is 104 cm³/mol. The van der Waals surface area contributed by atoms with E-state index in [9.17, 15) is 9.18 Å². The van der Waals surface area contributed by atoms with Crippen molar-refractivity contribution in [1.82, 2.24) is 34.9 Å². The number of aromatic nitrogens is 7. The minimum absolute atomic E-state index is 0.223. The second kappa shape index (κ2) is 7.63. The van der Waals surface area contributed by atoms with Gasteiger partial charge in [0.2, 0.25) is 11.7 Å². The molecular weight excluding hydrogens is 407 g/mol. The molecule has 0 bridgehead atoms. The molecule has 1 saturated heterocycles. The van der Waals surface area contributed by atoms with Crippen molar-refractivity contribution in [3.8, 4) is 17.1 Å². The summed E-state index contributed by atoms with van der Waals surface area (Å²) in [6, 6.07) is 4.47. The van der Waals surface area contributed by atoms with Crippen LogP contribution in [0.25, 0.3) is 17.1 Å². The SMILES string of the molecule is CCc1nc(-c2cnn(-c3ccc(N4C[C@H](Cn5ccnn5)OC4=O)cc3F)c2)no1. The fraction of sp³-hybridized carbons (Fsp3) is 0.263. The molecule has 1 aromatic carbocycles. The molecule has 3 aromatic heterocycles. The molecule has 0 unspecified atom stereocenters. The van der Waals surface area contributed by atoms with Crippen molar-refractivity contribution in [2.45, 2.75) is 26.0 Å². The third-order valence-corrected chi connectivity index (χ3v) is 4.84. The lowest BCUT2D eigenvalue weighted by atomic mass is 10.2. The number of amides is 1. The predicted octanol–water partition coefficient (Wildman–Crippen LogP) is 2.24. The molecule has 0 aliphatic carbocycles. The fourth-order valence-electron chi connectivity index (χ4n) is 3.30. The number of hydrogen-bond donors (Lipinski definition) is 0. The van der Waals surface area contributed by atoms with Crippen LogP contribution in [-0.2, 0) is 17.7 Å². The molecular formula is C19H17FN8O3. The van der Waals surface area contributed by atoms with E-state index in [1.54, 1.807) is 35.4 Å². The zero-order chi connectivity index (χ0) is 21.4. The summed E-state index contributed by atoms with van der Waals surface area (Å²) in [5.74, 6) is 0.360. The zero-order valence-electron chi connectivity index (χ0n) is 16.4. The summed E-state index contributed by atoms with van der Waals surface area (Å²) < 4.78 is 28.3. The first-order chi connectivity index (χ1) is 15.1. The largest absolute Gasteiger partial charge is 0.442 e. The molecule has 5 rings (SSSR count). The van der Waals surface area contributed by atoms with E-state index in [1.807, 2.05) is 6.92 Å². The Morgan fingerprint density at radius 2 is 2.23 bits per heavy atom. The standard InChI is InChI=1S/C19H17FN8O3/c1-2-17-23-18(24-31-17)12-8-22-28(9-12)16-4-3-13(7-15(16)20)27-11-14(30-19(27)29)10-26-6-5-21-25-26/h3-9,14H,2,10-11H2,1H3/t14-/m0/s1. The molecule has 0 spiro atoms. The number of anilines is 1. The van der Waals surface area contributed by atoms with Gasteiger partial charge >= 0.3 is 6.09 Å². The van der Waals surface area contributed by atoms with Gasteiger partial charge in [0.25, 0.3) is 0 Å². The van der Waals surface area contributed by atoms with Gasteiger partial charge in [-0.25, -0.2) is 18.5 Å². The van der Waals surface area contributed by atoms with Crippen LogP contribution >= 0.6 is 0 Å². The molecule has 31 heavy (non-hydrogen) atoms. The summed E-state index contributed by atoms with van der Waals surface area (Å²) in [5.41, 5.74) is 1.22. The molecule has 1 aliphatic rings. The quantitative estimate of drug-likeness (QED) is 0.463. The van der Waals surface area contributed by atoms with Gasteiger partial charge in [0.1, 0.15) is 11.8 Å². The average Bonchev–Trinajstić information content (AvgIpc) is 3.55. The maximum absolute atomic E-state index is 14.9. The highest BCUT2D eigenvalue weighted by molar-refractivity contribution is 5.89. The lowest BCUT2D eigenvalue weighted by Gasteiger charge is -2.14. The number of cyclic esters (lactones) is 1. The summed E-state index contributed by atoms with van der Waals surface area (Å²) in [7, 11) is 0. The number of benzene rings is 1. The second-order valence-corrected chi connectivity index (χ2v) is 6.92. The van der Waals surface area contributed by atoms with Crippen molar-refractivity contribution in [2.75, 3.05) is 11.4 Å².